The zero-order valence-electron chi connectivity index (χ0n) is 15.3. The molecule has 0 saturated heterocycles. The molecule has 0 bridgehead atoms. The number of nitrogens with two attached hydrogens (primary N) is 1. The Hall–Kier alpha value is -3.26. The van der Waals surface area contributed by atoms with Crippen LogP contribution in [0.15, 0.2) is 36.5 Å². The molecule has 0 fully saturated rings. The van der Waals surface area contributed by atoms with E-state index in [0.29, 0.717) is 34.8 Å². The van der Waals surface area contributed by atoms with Gasteiger partial charge in [0.2, 0.25) is 5.91 Å². The van der Waals surface area contributed by atoms with Crippen LogP contribution in [0.3, 0.4) is 0 Å². The molecule has 3 N–H and O–H groups in total. The fourth-order valence-corrected chi connectivity index (χ4v) is 3.44. The van der Waals surface area contributed by atoms with Crippen molar-refractivity contribution in [1.29, 1.82) is 0 Å². The number of carbonyl (C=O) groups is 1. The molecular weight excluding hydrogens is 400 g/mol. The van der Waals surface area contributed by atoms with Crippen molar-refractivity contribution in [1.82, 2.24) is 14.4 Å². The summed E-state index contributed by atoms with van der Waals surface area (Å²) in [5, 5.41) is 3.35. The van der Waals surface area contributed by atoms with E-state index >= 15 is 0 Å². The van der Waals surface area contributed by atoms with E-state index in [0.717, 1.165) is 18.6 Å². The summed E-state index contributed by atoms with van der Waals surface area (Å²) in [7, 11) is 0. The minimum Gasteiger partial charge on any atom is -0.367 e. The highest BCUT2D eigenvalue weighted by Crippen LogP contribution is 2.31. The number of fused-ring (bicyclic) bond motifs is 3. The summed E-state index contributed by atoms with van der Waals surface area (Å²) in [6.45, 7) is 2.64. The van der Waals surface area contributed by atoms with E-state index in [-0.39, 0.29) is 16.1 Å². The number of hydrogen-bond acceptors (Lipinski definition) is 4. The average molecular weight is 416 g/mol. The van der Waals surface area contributed by atoms with Gasteiger partial charge >= 0.3 is 0 Å². The Balaban J connectivity index is 2.03. The van der Waals surface area contributed by atoms with Gasteiger partial charge in [0, 0.05) is 24.2 Å². The number of halogens is 3. The number of rotatable bonds is 5. The fraction of sp³-hybridized carbons (Fsp3) is 0.150. The second kappa shape index (κ2) is 7.29. The number of aromatic nitrogens is 3. The zero-order chi connectivity index (χ0) is 20.7. The molecule has 2 heterocycles. The lowest BCUT2D eigenvalue weighted by molar-refractivity contribution is 0.100. The summed E-state index contributed by atoms with van der Waals surface area (Å²) in [6.07, 6.45) is 2.44. The number of nitrogens with zero attached hydrogens (tertiary/aromatic N) is 3. The standard InChI is InChI=1S/C20H16ClF2N5O/c1-2-5-25-19-20-26-9-17(10-3-4-11(18(24)29)12(21)6-10)28(20)16-8-14(23)13(22)7-15(16)27-19/h3-4,6-9H,2,5H2,1H3,(H2,24,29)(H,25,27). The summed E-state index contributed by atoms with van der Waals surface area (Å²) in [4.78, 5) is 20.3. The number of carbonyl (C=O) groups excluding carboxylic acids is 1. The van der Waals surface area contributed by atoms with Crippen LogP contribution in [0.4, 0.5) is 14.6 Å². The van der Waals surface area contributed by atoms with E-state index in [1.807, 2.05) is 6.92 Å². The second-order valence-corrected chi connectivity index (χ2v) is 6.91. The first-order valence-electron chi connectivity index (χ1n) is 8.90. The normalized spacial score (nSPS) is 11.3. The maximum absolute atomic E-state index is 14.0. The van der Waals surface area contributed by atoms with Crippen LogP contribution in [-0.2, 0) is 0 Å². The third kappa shape index (κ3) is 3.25. The number of benzene rings is 2. The molecule has 6 nitrogen and oxygen atoms in total. The maximum atomic E-state index is 14.0. The predicted molar refractivity (Wildman–Crippen MR) is 108 cm³/mol. The van der Waals surface area contributed by atoms with E-state index in [4.69, 9.17) is 17.3 Å². The molecule has 29 heavy (non-hydrogen) atoms. The Morgan fingerprint density at radius 1 is 1.24 bits per heavy atom. The number of imidazole rings is 1. The van der Waals surface area contributed by atoms with Crippen molar-refractivity contribution in [2.45, 2.75) is 13.3 Å². The molecule has 2 aromatic heterocycles. The van der Waals surface area contributed by atoms with Crippen LogP contribution in [0.2, 0.25) is 5.02 Å². The minimum absolute atomic E-state index is 0.185. The van der Waals surface area contributed by atoms with Crippen molar-refractivity contribution < 1.29 is 13.6 Å². The molecule has 4 aromatic rings. The molecule has 0 unspecified atom stereocenters. The number of nitrogens with one attached hydrogen (secondary N) is 1. The topological polar surface area (TPSA) is 85.3 Å². The molecule has 0 aliphatic carbocycles. The summed E-state index contributed by atoms with van der Waals surface area (Å²) in [5.41, 5.74) is 7.79. The summed E-state index contributed by atoms with van der Waals surface area (Å²) >= 11 is 6.19. The third-order valence-electron chi connectivity index (χ3n) is 4.54. The van der Waals surface area contributed by atoms with Gasteiger partial charge < -0.3 is 11.1 Å². The van der Waals surface area contributed by atoms with Crippen LogP contribution in [0.25, 0.3) is 27.9 Å². The van der Waals surface area contributed by atoms with Gasteiger partial charge in [0.05, 0.1) is 33.5 Å². The number of amides is 1. The molecule has 1 amide bonds. The van der Waals surface area contributed by atoms with Gasteiger partial charge in [-0.25, -0.2) is 18.7 Å². The summed E-state index contributed by atoms with van der Waals surface area (Å²) in [5.74, 6) is -2.16. The van der Waals surface area contributed by atoms with Crippen molar-refractivity contribution in [2.75, 3.05) is 11.9 Å². The van der Waals surface area contributed by atoms with Gasteiger partial charge in [-0.3, -0.25) is 9.20 Å². The Labute approximate surface area is 169 Å². The van der Waals surface area contributed by atoms with Crippen molar-refractivity contribution in [3.63, 3.8) is 0 Å². The highest BCUT2D eigenvalue weighted by molar-refractivity contribution is 6.34. The van der Waals surface area contributed by atoms with Crippen LogP contribution in [0, 0.1) is 11.6 Å². The molecular formula is C20H16ClF2N5O. The van der Waals surface area contributed by atoms with Gasteiger partial charge in [-0.15, -0.1) is 0 Å². The molecule has 0 atom stereocenters. The first-order valence-corrected chi connectivity index (χ1v) is 9.28. The van der Waals surface area contributed by atoms with Crippen LogP contribution in [-0.4, -0.2) is 26.8 Å². The molecule has 0 aliphatic rings. The van der Waals surface area contributed by atoms with Gasteiger partial charge in [0.25, 0.3) is 0 Å². The lowest BCUT2D eigenvalue weighted by Gasteiger charge is -2.12. The molecule has 0 aliphatic heterocycles. The van der Waals surface area contributed by atoms with E-state index < -0.39 is 17.5 Å². The Morgan fingerprint density at radius 3 is 2.69 bits per heavy atom. The first kappa shape index (κ1) is 19.1. The van der Waals surface area contributed by atoms with Crippen molar-refractivity contribution >= 4 is 40.0 Å². The number of primary amides is 1. The van der Waals surface area contributed by atoms with Gasteiger partial charge in [-0.05, 0) is 18.6 Å². The SMILES string of the molecule is CCCNc1nc2cc(F)c(F)cc2n2c(-c3ccc(C(N)=O)c(Cl)c3)cnc12. The highest BCUT2D eigenvalue weighted by atomic mass is 35.5. The smallest absolute Gasteiger partial charge is 0.250 e. The lowest BCUT2D eigenvalue weighted by atomic mass is 10.1. The van der Waals surface area contributed by atoms with E-state index in [1.165, 1.54) is 6.07 Å². The lowest BCUT2D eigenvalue weighted by Crippen LogP contribution is -2.11. The van der Waals surface area contributed by atoms with Crippen LogP contribution < -0.4 is 11.1 Å². The first-order chi connectivity index (χ1) is 13.9. The second-order valence-electron chi connectivity index (χ2n) is 6.50. The summed E-state index contributed by atoms with van der Waals surface area (Å²) < 4.78 is 29.5. The molecule has 0 spiro atoms. The molecule has 0 radical (unpaired) electrons. The Kier molecular flexibility index (Phi) is 4.79. The number of anilines is 1. The molecule has 148 valence electrons. The van der Waals surface area contributed by atoms with Crippen molar-refractivity contribution in [2.24, 2.45) is 5.73 Å². The Morgan fingerprint density at radius 2 is 2.00 bits per heavy atom. The fourth-order valence-electron chi connectivity index (χ4n) is 3.17. The predicted octanol–water partition coefficient (Wildman–Crippen LogP) is 4.40. The van der Waals surface area contributed by atoms with Crippen molar-refractivity contribution in [3.05, 3.63) is 58.7 Å². The largest absolute Gasteiger partial charge is 0.367 e. The molecule has 2 aromatic carbocycles. The average Bonchev–Trinajstić information content (AvgIpc) is 3.12. The van der Waals surface area contributed by atoms with Crippen molar-refractivity contribution in [3.8, 4) is 11.3 Å². The monoisotopic (exact) mass is 415 g/mol. The van der Waals surface area contributed by atoms with E-state index in [2.05, 4.69) is 15.3 Å². The van der Waals surface area contributed by atoms with Gasteiger partial charge in [-0.1, -0.05) is 24.6 Å². The molecule has 9 heteroatoms. The zero-order valence-corrected chi connectivity index (χ0v) is 16.1. The van der Waals surface area contributed by atoms with Crippen LogP contribution in [0.1, 0.15) is 23.7 Å². The minimum atomic E-state index is -0.989. The third-order valence-corrected chi connectivity index (χ3v) is 4.85. The molecule has 4 rings (SSSR count). The highest BCUT2D eigenvalue weighted by Gasteiger charge is 2.18. The van der Waals surface area contributed by atoms with Gasteiger partial charge in [-0.2, -0.15) is 0 Å². The Bertz CT molecular complexity index is 1270. The van der Waals surface area contributed by atoms with Gasteiger partial charge in [0.1, 0.15) is 0 Å². The van der Waals surface area contributed by atoms with Gasteiger partial charge in [0.15, 0.2) is 23.1 Å². The van der Waals surface area contributed by atoms with E-state index in [9.17, 15) is 13.6 Å². The number of hydrogen-bond donors (Lipinski definition) is 2. The van der Waals surface area contributed by atoms with E-state index in [1.54, 1.807) is 22.7 Å². The molecule has 0 saturated carbocycles. The quantitative estimate of drug-likeness (QED) is 0.506. The summed E-state index contributed by atoms with van der Waals surface area (Å²) in [6, 6.07) is 6.89. The van der Waals surface area contributed by atoms with Crippen LogP contribution in [0.5, 0.6) is 0 Å². The maximum Gasteiger partial charge on any atom is 0.250 e. The van der Waals surface area contributed by atoms with Crippen LogP contribution >= 0.6 is 11.6 Å².